The van der Waals surface area contributed by atoms with Gasteiger partial charge in [0.05, 0.1) is 11.2 Å². The van der Waals surface area contributed by atoms with E-state index in [0.29, 0.717) is 23.3 Å². The number of urea groups is 1. The predicted molar refractivity (Wildman–Crippen MR) is 106 cm³/mol. The fraction of sp³-hybridized carbons (Fsp3) is 0.526. The Morgan fingerprint density at radius 3 is 3.04 bits per heavy atom. The number of hydrogen-bond donors (Lipinski definition) is 3. The van der Waals surface area contributed by atoms with Gasteiger partial charge in [0.1, 0.15) is 5.82 Å². The molecular formula is C19H25ClN6O. The second kappa shape index (κ2) is 7.13. The van der Waals surface area contributed by atoms with E-state index in [1.54, 1.807) is 6.20 Å². The van der Waals surface area contributed by atoms with Gasteiger partial charge >= 0.3 is 6.03 Å². The number of nitrogens with zero attached hydrogens (tertiary/aromatic N) is 3. The van der Waals surface area contributed by atoms with Crippen LogP contribution in [0.15, 0.2) is 18.5 Å². The van der Waals surface area contributed by atoms with Crippen LogP contribution in [0.25, 0.3) is 11.1 Å². The summed E-state index contributed by atoms with van der Waals surface area (Å²) in [5.41, 5.74) is 3.22. The molecule has 0 saturated carbocycles. The number of fused-ring (bicyclic) bond motifs is 1. The summed E-state index contributed by atoms with van der Waals surface area (Å²) in [5, 5.41) is 14.1. The van der Waals surface area contributed by atoms with Gasteiger partial charge in [-0.3, -0.25) is 10.00 Å². The molecule has 0 radical (unpaired) electrons. The van der Waals surface area contributed by atoms with Crippen LogP contribution in [0.2, 0.25) is 5.02 Å². The standard InChI is InChI=1S/C19H25ClN6O/c1-19(2)6-16-14(9-24-26(16)11-19)13-5-17(22-10-15(13)20)25-18(27)23-8-12-3-4-21-7-12/h5,9-10,12,21H,3-4,6-8,11H2,1-2H3,(H2,22,23,25,27). The van der Waals surface area contributed by atoms with Gasteiger partial charge in [-0.1, -0.05) is 25.4 Å². The molecule has 0 aromatic carbocycles. The summed E-state index contributed by atoms with van der Waals surface area (Å²) in [7, 11) is 0. The van der Waals surface area contributed by atoms with E-state index in [4.69, 9.17) is 11.6 Å². The molecule has 1 atom stereocenters. The minimum Gasteiger partial charge on any atom is -0.338 e. The highest BCUT2D eigenvalue weighted by molar-refractivity contribution is 6.33. The highest BCUT2D eigenvalue weighted by atomic mass is 35.5. The van der Waals surface area contributed by atoms with Crippen LogP contribution in [0, 0.1) is 11.3 Å². The van der Waals surface area contributed by atoms with Crippen LogP contribution in [-0.2, 0) is 13.0 Å². The van der Waals surface area contributed by atoms with Crippen LogP contribution in [-0.4, -0.2) is 40.4 Å². The lowest BCUT2D eigenvalue weighted by Crippen LogP contribution is -2.33. The first-order valence-electron chi connectivity index (χ1n) is 9.37. The number of aromatic nitrogens is 3. The average Bonchev–Trinajstić information content (AvgIpc) is 3.31. The number of carbonyl (C=O) groups excluding carboxylic acids is 1. The smallest absolute Gasteiger partial charge is 0.320 e. The molecule has 2 aromatic rings. The number of anilines is 1. The third kappa shape index (κ3) is 3.94. The lowest BCUT2D eigenvalue weighted by Gasteiger charge is -2.15. The minimum absolute atomic E-state index is 0.188. The Morgan fingerprint density at radius 1 is 1.41 bits per heavy atom. The van der Waals surface area contributed by atoms with Gasteiger partial charge in [0.2, 0.25) is 0 Å². The molecular weight excluding hydrogens is 364 g/mol. The fourth-order valence-corrected chi connectivity index (χ4v) is 4.08. The number of pyridine rings is 1. The van der Waals surface area contributed by atoms with Gasteiger partial charge in [-0.05, 0) is 43.3 Å². The highest BCUT2D eigenvalue weighted by Gasteiger charge is 2.32. The summed E-state index contributed by atoms with van der Waals surface area (Å²) in [5.74, 6) is 0.969. The molecule has 1 saturated heterocycles. The van der Waals surface area contributed by atoms with Crippen molar-refractivity contribution in [3.63, 3.8) is 0 Å². The van der Waals surface area contributed by atoms with Gasteiger partial charge in [-0.2, -0.15) is 5.10 Å². The number of halogens is 1. The second-order valence-corrected chi connectivity index (χ2v) is 8.65. The second-order valence-electron chi connectivity index (χ2n) is 8.25. The average molecular weight is 389 g/mol. The first-order chi connectivity index (χ1) is 12.9. The van der Waals surface area contributed by atoms with Gasteiger partial charge in [-0.25, -0.2) is 9.78 Å². The molecule has 1 unspecified atom stereocenters. The van der Waals surface area contributed by atoms with Crippen LogP contribution < -0.4 is 16.0 Å². The molecule has 4 heterocycles. The molecule has 2 aromatic heterocycles. The lowest BCUT2D eigenvalue weighted by molar-refractivity contribution is 0.250. The zero-order valence-electron chi connectivity index (χ0n) is 15.7. The zero-order chi connectivity index (χ0) is 19.0. The summed E-state index contributed by atoms with van der Waals surface area (Å²) in [6.45, 7) is 7.99. The van der Waals surface area contributed by atoms with E-state index in [0.717, 1.165) is 43.6 Å². The maximum Gasteiger partial charge on any atom is 0.320 e. The van der Waals surface area contributed by atoms with Crippen molar-refractivity contribution in [1.29, 1.82) is 0 Å². The van der Waals surface area contributed by atoms with Crippen LogP contribution in [0.4, 0.5) is 10.6 Å². The van der Waals surface area contributed by atoms with Crippen molar-refractivity contribution in [2.45, 2.75) is 33.2 Å². The molecule has 3 N–H and O–H groups in total. The number of carbonyl (C=O) groups is 1. The van der Waals surface area contributed by atoms with E-state index in [1.807, 2.05) is 16.9 Å². The first-order valence-corrected chi connectivity index (χ1v) is 9.75. The van der Waals surface area contributed by atoms with Crippen molar-refractivity contribution >= 4 is 23.4 Å². The highest BCUT2D eigenvalue weighted by Crippen LogP contribution is 2.39. The minimum atomic E-state index is -0.246. The normalized spacial score (nSPS) is 20.5. The third-order valence-corrected chi connectivity index (χ3v) is 5.57. The summed E-state index contributed by atoms with van der Waals surface area (Å²) < 4.78 is 2.04. The van der Waals surface area contributed by atoms with E-state index in [1.165, 1.54) is 5.69 Å². The van der Waals surface area contributed by atoms with E-state index in [2.05, 4.69) is 39.9 Å². The quantitative estimate of drug-likeness (QED) is 0.751. The van der Waals surface area contributed by atoms with Crippen molar-refractivity contribution < 1.29 is 4.79 Å². The Morgan fingerprint density at radius 2 is 2.26 bits per heavy atom. The summed E-state index contributed by atoms with van der Waals surface area (Å²) in [4.78, 5) is 16.4. The molecule has 0 bridgehead atoms. The number of hydrogen-bond acceptors (Lipinski definition) is 4. The molecule has 2 aliphatic heterocycles. The van der Waals surface area contributed by atoms with Gasteiger partial charge in [-0.15, -0.1) is 0 Å². The molecule has 2 amide bonds. The number of rotatable bonds is 4. The summed E-state index contributed by atoms with van der Waals surface area (Å²) in [6, 6.07) is 1.58. The van der Waals surface area contributed by atoms with Crippen molar-refractivity contribution in [3.05, 3.63) is 29.2 Å². The zero-order valence-corrected chi connectivity index (χ0v) is 16.4. The van der Waals surface area contributed by atoms with E-state index < -0.39 is 0 Å². The monoisotopic (exact) mass is 388 g/mol. The van der Waals surface area contributed by atoms with E-state index in [-0.39, 0.29) is 11.4 Å². The summed E-state index contributed by atoms with van der Waals surface area (Å²) in [6.07, 6.45) is 5.46. The van der Waals surface area contributed by atoms with Gasteiger partial charge < -0.3 is 10.6 Å². The molecule has 144 valence electrons. The topological polar surface area (TPSA) is 83.9 Å². The Hall–Kier alpha value is -2.12. The molecule has 0 spiro atoms. The molecule has 2 aliphatic rings. The Bertz CT molecular complexity index is 856. The SMILES string of the molecule is CC1(C)Cc2c(-c3cc(NC(=O)NCC4CCNC4)ncc3Cl)cnn2C1. The van der Waals surface area contributed by atoms with Crippen molar-refractivity contribution in [1.82, 2.24) is 25.4 Å². The Kier molecular flexibility index (Phi) is 4.82. The molecule has 0 aliphatic carbocycles. The number of amides is 2. The van der Waals surface area contributed by atoms with Crippen LogP contribution in [0.1, 0.15) is 26.0 Å². The molecule has 8 heteroatoms. The predicted octanol–water partition coefficient (Wildman–Crippen LogP) is 2.91. The maximum absolute atomic E-state index is 12.2. The Balaban J connectivity index is 1.48. The fourth-order valence-electron chi connectivity index (χ4n) is 3.87. The third-order valence-electron chi connectivity index (χ3n) is 5.27. The van der Waals surface area contributed by atoms with E-state index in [9.17, 15) is 4.79 Å². The van der Waals surface area contributed by atoms with Crippen LogP contribution in [0.5, 0.6) is 0 Å². The Labute approximate surface area is 163 Å². The van der Waals surface area contributed by atoms with Crippen LogP contribution >= 0.6 is 11.6 Å². The van der Waals surface area contributed by atoms with Crippen molar-refractivity contribution in [2.75, 3.05) is 25.0 Å². The molecule has 7 nitrogen and oxygen atoms in total. The summed E-state index contributed by atoms with van der Waals surface area (Å²) >= 11 is 6.41. The first kappa shape index (κ1) is 18.3. The van der Waals surface area contributed by atoms with Gasteiger partial charge in [0, 0.05) is 36.1 Å². The maximum atomic E-state index is 12.2. The molecule has 1 fully saturated rings. The number of nitrogens with one attached hydrogen (secondary N) is 3. The van der Waals surface area contributed by atoms with Gasteiger partial charge in [0.15, 0.2) is 0 Å². The van der Waals surface area contributed by atoms with Gasteiger partial charge in [0.25, 0.3) is 0 Å². The van der Waals surface area contributed by atoms with Crippen LogP contribution in [0.3, 0.4) is 0 Å². The van der Waals surface area contributed by atoms with Crippen molar-refractivity contribution in [2.24, 2.45) is 11.3 Å². The van der Waals surface area contributed by atoms with E-state index >= 15 is 0 Å². The van der Waals surface area contributed by atoms with Crippen molar-refractivity contribution in [3.8, 4) is 11.1 Å². The lowest BCUT2D eigenvalue weighted by atomic mass is 9.89. The molecule has 4 rings (SSSR count). The largest absolute Gasteiger partial charge is 0.338 e. The molecule has 27 heavy (non-hydrogen) atoms.